The quantitative estimate of drug-likeness (QED) is 0.438. The van der Waals surface area contributed by atoms with Gasteiger partial charge in [-0.15, -0.1) is 31.2 Å². The van der Waals surface area contributed by atoms with Crippen molar-refractivity contribution in [1.29, 1.82) is 0 Å². The molecule has 0 spiro atoms. The molecule has 0 aromatic carbocycles. The monoisotopic (exact) mass is 347 g/mol. The molecule has 0 amide bonds. The molecule has 7 heteroatoms. The van der Waals surface area contributed by atoms with Gasteiger partial charge in [0, 0.05) is 0 Å². The van der Waals surface area contributed by atoms with Crippen molar-refractivity contribution in [3.8, 4) is 0 Å². The zero-order valence-corrected chi connectivity index (χ0v) is 14.4. The molecule has 0 rings (SSSR count). The summed E-state index contributed by atoms with van der Waals surface area (Å²) in [6.07, 6.45) is 0. The van der Waals surface area contributed by atoms with Crippen LogP contribution in [0.25, 0.3) is 16.2 Å². The maximum atomic E-state index is 5.89. The Kier molecular flexibility index (Phi) is 517. The van der Waals surface area contributed by atoms with E-state index in [2.05, 4.69) is 0 Å². The normalized spacial score (nSPS) is 3.86. The first-order valence-electron chi connectivity index (χ1n) is 1.50. The molecule has 0 aliphatic rings. The van der Waals surface area contributed by atoms with E-state index in [-0.39, 0.29) is 26.2 Å². The van der Waals surface area contributed by atoms with Crippen LogP contribution in [0.3, 0.4) is 0 Å². The number of hydrogen-bond acceptors (Lipinski definition) is 0. The summed E-state index contributed by atoms with van der Waals surface area (Å²) in [5.41, 5.74) is 0. The van der Waals surface area contributed by atoms with Gasteiger partial charge in [-0.2, -0.15) is 0 Å². The minimum Gasteiger partial charge on any atom is -0.687 e. The molecule has 0 unspecified atom stereocenters. The first-order valence-corrected chi connectivity index (χ1v) is 4.50. The summed E-state index contributed by atoms with van der Waals surface area (Å²) >= 11 is 0. The van der Waals surface area contributed by atoms with E-state index < -0.39 is 0 Å². The third kappa shape index (κ3) is 109. The van der Waals surface area contributed by atoms with Crippen LogP contribution in [-0.4, -0.2) is 57.4 Å². The van der Waals surface area contributed by atoms with Crippen molar-refractivity contribution in [3.05, 3.63) is 16.2 Å². The molecule has 2 radical (unpaired) electrons. The van der Waals surface area contributed by atoms with Crippen LogP contribution in [-0.2, 0) is 0 Å². The minimum absolute atomic E-state index is 0. The molecule has 0 aromatic rings. The second kappa shape index (κ2) is 153. The molecule has 3 nitrogen and oxygen atoms in total. The summed E-state index contributed by atoms with van der Waals surface area (Å²) in [5, 5.41) is 17.7. The summed E-state index contributed by atoms with van der Waals surface area (Å²) in [5.74, 6) is 0. The molecular weight excluding hydrogens is 335 g/mol. The summed E-state index contributed by atoms with van der Waals surface area (Å²) in [6, 6.07) is 0. The summed E-state index contributed by atoms with van der Waals surface area (Å²) in [7, 11) is 1.67. The van der Waals surface area contributed by atoms with Crippen molar-refractivity contribution in [2.45, 2.75) is 0 Å². The van der Waals surface area contributed by atoms with Crippen LogP contribution in [0.2, 0.25) is 0 Å². The van der Waals surface area contributed by atoms with Gasteiger partial charge in [-0.05, 0) is 0 Å². The molecule has 0 aliphatic heterocycles. The second-order valence-corrected chi connectivity index (χ2v) is 0. The first-order chi connectivity index (χ1) is 3.00. The number of hydrogen-bond donors (Lipinski definition) is 0. The molecule has 3 N–H and O–H groups in total. The van der Waals surface area contributed by atoms with Crippen LogP contribution < -0.4 is 0 Å². The number of rotatable bonds is 0. The van der Waals surface area contributed by atoms with Gasteiger partial charge in [0.05, 0.1) is 0 Å². The van der Waals surface area contributed by atoms with Gasteiger partial charge in [-0.25, -0.2) is 0 Å². The molecule has 0 saturated carbocycles. The van der Waals surface area contributed by atoms with Gasteiger partial charge < -0.3 is 16.2 Å². The zero-order chi connectivity index (χ0) is 6.00. The van der Waals surface area contributed by atoms with Crippen LogP contribution in [0.4, 0.5) is 0 Å². The van der Waals surface area contributed by atoms with E-state index in [0.29, 0.717) is 31.2 Å². The van der Waals surface area contributed by atoms with Crippen LogP contribution in [0.1, 0.15) is 0 Å². The number of nitrogens with one attached hydrogen (secondary N) is 3. The van der Waals surface area contributed by atoms with Crippen molar-refractivity contribution in [3.63, 3.8) is 0 Å². The third-order valence-corrected chi connectivity index (χ3v) is 0. The standard InChI is InChI=1S/Bi.3H4NSi/c;3*1-2/h;3*1H,2H3/q+3;3*-1. The van der Waals surface area contributed by atoms with E-state index in [1.165, 1.54) is 0 Å². The molecule has 0 aromatic heterocycles. The fourth-order valence-corrected chi connectivity index (χ4v) is 0. The van der Waals surface area contributed by atoms with Crippen LogP contribution in [0.5, 0.6) is 0 Å². The van der Waals surface area contributed by atoms with Gasteiger partial charge in [0.15, 0.2) is 0 Å². The zero-order valence-electron chi connectivity index (χ0n) is 4.95. The maximum Gasteiger partial charge on any atom is 3.00 e. The molecule has 0 fully saturated rings. The summed E-state index contributed by atoms with van der Waals surface area (Å²) in [4.78, 5) is 0. The Hall–Kier alpha value is 1.41. The molecule has 0 bridgehead atoms. The van der Waals surface area contributed by atoms with E-state index in [1.807, 2.05) is 0 Å². The van der Waals surface area contributed by atoms with Gasteiger partial charge >= 0.3 is 26.2 Å². The predicted molar refractivity (Wildman–Crippen MR) is 48.5 cm³/mol. The van der Waals surface area contributed by atoms with Gasteiger partial charge in [0.2, 0.25) is 0 Å². The topological polar surface area (TPSA) is 71.4 Å². The Morgan fingerprint density at radius 3 is 0.571 bits per heavy atom. The van der Waals surface area contributed by atoms with Crippen molar-refractivity contribution >= 4 is 57.4 Å². The molecule has 0 atom stereocenters. The van der Waals surface area contributed by atoms with E-state index in [0.717, 1.165) is 0 Å². The van der Waals surface area contributed by atoms with E-state index >= 15 is 0 Å². The van der Waals surface area contributed by atoms with Crippen LogP contribution in [0.15, 0.2) is 0 Å². The second-order valence-electron chi connectivity index (χ2n) is 0. The first kappa shape index (κ1) is 23.7. The van der Waals surface area contributed by atoms with Crippen molar-refractivity contribution in [2.24, 2.45) is 0 Å². The maximum absolute atomic E-state index is 5.89. The molecule has 7 heavy (non-hydrogen) atoms. The van der Waals surface area contributed by atoms with Gasteiger partial charge in [-0.1, -0.05) is 0 Å². The minimum atomic E-state index is 0. The van der Waals surface area contributed by atoms with Crippen molar-refractivity contribution in [2.75, 3.05) is 0 Å². The molecule has 0 heterocycles. The largest absolute Gasteiger partial charge is 3.00 e. The third-order valence-electron chi connectivity index (χ3n) is 0. The SMILES string of the molecule is [Bi+3].[NH-][SiH3].[NH-][SiH3].[NH-][SiH3]. The van der Waals surface area contributed by atoms with Crippen molar-refractivity contribution in [1.82, 2.24) is 0 Å². The molecule has 0 aliphatic carbocycles. The Morgan fingerprint density at radius 2 is 0.571 bits per heavy atom. The van der Waals surface area contributed by atoms with E-state index in [1.54, 1.807) is 0 Å². The van der Waals surface area contributed by atoms with E-state index in [9.17, 15) is 0 Å². The smallest absolute Gasteiger partial charge is 0.687 e. The van der Waals surface area contributed by atoms with Crippen molar-refractivity contribution < 1.29 is 0 Å². The fraction of sp³-hybridized carbons (Fsp3) is 0. The average molecular weight is 347 g/mol. The summed E-state index contributed by atoms with van der Waals surface area (Å²) < 4.78 is 0. The summed E-state index contributed by atoms with van der Waals surface area (Å²) in [6.45, 7) is 0. The van der Waals surface area contributed by atoms with Gasteiger partial charge in [-0.3, -0.25) is 0 Å². The fourth-order valence-electron chi connectivity index (χ4n) is 0. The Labute approximate surface area is 73.4 Å². The van der Waals surface area contributed by atoms with Gasteiger partial charge in [0.25, 0.3) is 0 Å². The average Bonchev–Trinajstić information content (AvgIpc) is 1.81. The Morgan fingerprint density at radius 1 is 0.571 bits per heavy atom. The van der Waals surface area contributed by atoms with Crippen LogP contribution >= 0.6 is 0 Å². The molecular formula is H12BiN3Si3. The van der Waals surface area contributed by atoms with E-state index in [4.69, 9.17) is 16.2 Å². The molecule has 44 valence electrons. The Balaban J connectivity index is -0.00000000900. The predicted octanol–water partition coefficient (Wildman–Crippen LogP) is -2.42. The van der Waals surface area contributed by atoms with Crippen LogP contribution in [0, 0.1) is 0 Å². The molecule has 0 saturated heterocycles. The van der Waals surface area contributed by atoms with Gasteiger partial charge in [0.1, 0.15) is 0 Å². The Bertz CT molecular complexity index is 10.1.